The molecular weight excluding hydrogens is 1050 g/mol. The van der Waals surface area contributed by atoms with Gasteiger partial charge in [0.25, 0.3) is 0 Å². The zero-order valence-electron chi connectivity index (χ0n) is 31.2. The standard InChI is InChI=1S/4C6H14N3O4.3Ag.H2O/c4*1-8-4(10)3(7-13)5(11)9(2)6(8)12;;;;/h4*3-7,10-12H,1-2H3;;;;1H2/q4*-1;;;;. The van der Waals surface area contributed by atoms with Crippen molar-refractivity contribution in [3.8, 4) is 0 Å². The van der Waals surface area contributed by atoms with E-state index in [4.69, 9.17) is 0 Å². The minimum atomic E-state index is -1.21. The summed E-state index contributed by atoms with van der Waals surface area (Å²) in [6, 6.07) is -4.17. The summed E-state index contributed by atoms with van der Waals surface area (Å²) >= 11 is 0. The van der Waals surface area contributed by atoms with Crippen molar-refractivity contribution < 1.29 is 134 Å². The van der Waals surface area contributed by atoms with Crippen LogP contribution in [0.5, 0.6) is 0 Å². The summed E-state index contributed by atoms with van der Waals surface area (Å²) in [5.41, 5.74) is 6.16. The third-order valence-electron chi connectivity index (χ3n) is 9.37. The molecule has 0 aliphatic carbocycles. The normalized spacial score (nSPS) is 40.7. The zero-order valence-corrected chi connectivity index (χ0v) is 35.7. The van der Waals surface area contributed by atoms with Crippen LogP contribution in [0.1, 0.15) is 0 Å². The maximum atomic E-state index is 10.4. The number of aliphatic hydroxyl groups is 12. The van der Waals surface area contributed by atoms with Gasteiger partial charge < -0.3 is 110 Å². The topological polar surface area (TPSA) is 441 Å². The van der Waals surface area contributed by atoms with E-state index in [9.17, 15) is 82.1 Å². The van der Waals surface area contributed by atoms with Crippen LogP contribution in [0.2, 0.25) is 0 Å². The van der Waals surface area contributed by atoms with Gasteiger partial charge in [-0.05, 0) is 56.4 Å². The Labute approximate surface area is 369 Å². The molecule has 3 radical (unpaired) electrons. The second kappa shape index (κ2) is 28.6. The number of hydroxylamine groups is 4. The average molecular weight is 1110 g/mol. The molecule has 0 bridgehead atoms. The quantitative estimate of drug-likeness (QED) is 0.0918. The van der Waals surface area contributed by atoms with Crippen molar-refractivity contribution in [3.05, 3.63) is 20.8 Å². The van der Waals surface area contributed by atoms with Crippen LogP contribution in [0, 0.1) is 20.8 Å². The minimum Gasteiger partial charge on any atom is -0.787 e. The molecule has 0 aromatic carbocycles. The molecule has 0 saturated carbocycles. The molecule has 18 N–H and O–H groups in total. The fourth-order valence-corrected chi connectivity index (χ4v) is 5.37. The van der Waals surface area contributed by atoms with E-state index < -0.39 is 99.4 Å². The van der Waals surface area contributed by atoms with Crippen LogP contribution in [0.25, 0.3) is 0 Å². The first-order valence-corrected chi connectivity index (χ1v) is 15.4. The molecule has 0 amide bonds. The van der Waals surface area contributed by atoms with Crippen LogP contribution in [-0.2, 0) is 67.1 Å². The molecule has 4 fully saturated rings. The van der Waals surface area contributed by atoms with Crippen LogP contribution in [0.3, 0.4) is 0 Å². The molecule has 8 atom stereocenters. The predicted molar refractivity (Wildman–Crippen MR) is 179 cm³/mol. The summed E-state index contributed by atoms with van der Waals surface area (Å²) in [7, 11) is 11.6. The average Bonchev–Trinajstić information content (AvgIpc) is 3.13. The number of nitrogens with one attached hydrogen (secondary N) is 4. The Morgan fingerprint density at radius 1 is 0.286 bits per heavy atom. The predicted octanol–water partition coefficient (Wildman–Crippen LogP) is -11.9. The summed E-state index contributed by atoms with van der Waals surface area (Å²) in [5.74, 6) is 0. The number of aliphatic hydroxyl groups excluding tert-OH is 12. The zero-order chi connectivity index (χ0) is 40.7. The SMILES string of the molecule is CN1C(O)C(N[O-])C(O)N(C)C1O.CN1C(O)C(N[O-])C(O)N(C)C1O.CN1C(O)C(N[O-])C(O)N(C)C1O.CN1C(O)C(N[O-])C(O)N(C)C1O.O.[Ag].[Ag].[Ag]. The van der Waals surface area contributed by atoms with Gasteiger partial charge in [0.2, 0.25) is 0 Å². The summed E-state index contributed by atoms with van der Waals surface area (Å²) in [6.07, 6.45) is -14.1. The van der Waals surface area contributed by atoms with E-state index >= 15 is 0 Å². The number of rotatable bonds is 4. The molecule has 4 rings (SSSR count). The Balaban J connectivity index is -0.000000314. The van der Waals surface area contributed by atoms with Gasteiger partial charge in [-0.15, -0.1) is 0 Å². The van der Waals surface area contributed by atoms with Crippen LogP contribution >= 0.6 is 0 Å². The molecule has 4 heterocycles. The largest absolute Gasteiger partial charge is 0.787 e. The molecule has 4 aliphatic heterocycles. The maximum absolute atomic E-state index is 10.4. The fraction of sp³-hybridized carbons (Fsp3) is 1.00. The Morgan fingerprint density at radius 3 is 0.446 bits per heavy atom. The Hall–Kier alpha value is 1.06. The molecule has 29 nitrogen and oxygen atoms in total. The van der Waals surface area contributed by atoms with Crippen molar-refractivity contribution in [2.75, 3.05) is 56.4 Å². The monoisotopic (exact) mass is 1110 g/mol. The van der Waals surface area contributed by atoms with Crippen molar-refractivity contribution in [2.45, 2.75) is 99.4 Å². The van der Waals surface area contributed by atoms with E-state index in [0.717, 1.165) is 0 Å². The number of nitrogens with zero attached hydrogens (tertiary/aromatic N) is 8. The molecule has 4 saturated heterocycles. The minimum absolute atomic E-state index is 0. The summed E-state index contributed by atoms with van der Waals surface area (Å²) in [4.78, 5) is 9.35. The van der Waals surface area contributed by atoms with Crippen molar-refractivity contribution in [1.29, 1.82) is 0 Å². The van der Waals surface area contributed by atoms with Crippen LogP contribution in [-0.4, -0.2) is 262 Å². The van der Waals surface area contributed by atoms with Crippen LogP contribution in [0.4, 0.5) is 0 Å². The van der Waals surface area contributed by atoms with Crippen molar-refractivity contribution >= 4 is 0 Å². The molecule has 4 aliphatic rings. The molecule has 353 valence electrons. The maximum Gasteiger partial charge on any atom is 0.169 e. The van der Waals surface area contributed by atoms with Crippen LogP contribution < -0.4 is 21.9 Å². The molecule has 0 aromatic rings. The summed E-state index contributed by atoms with van der Waals surface area (Å²) in [6.45, 7) is 0. The molecular formula is C24H58Ag3N12O17-4. The van der Waals surface area contributed by atoms with Gasteiger partial charge in [-0.25, -0.2) is 39.2 Å². The second-order valence-corrected chi connectivity index (χ2v) is 12.6. The Morgan fingerprint density at radius 2 is 0.375 bits per heavy atom. The second-order valence-electron chi connectivity index (χ2n) is 12.6. The van der Waals surface area contributed by atoms with Gasteiger partial charge in [0, 0.05) is 67.1 Å². The third kappa shape index (κ3) is 14.6. The van der Waals surface area contributed by atoms with Crippen molar-refractivity contribution in [2.24, 2.45) is 0 Å². The van der Waals surface area contributed by atoms with Crippen LogP contribution in [0.15, 0.2) is 0 Å². The smallest absolute Gasteiger partial charge is 0.169 e. The van der Waals surface area contributed by atoms with Crippen molar-refractivity contribution in [3.63, 3.8) is 0 Å². The fourth-order valence-electron chi connectivity index (χ4n) is 5.37. The van der Waals surface area contributed by atoms with E-state index in [1.807, 2.05) is 0 Å². The molecule has 32 heteroatoms. The van der Waals surface area contributed by atoms with Gasteiger partial charge in [-0.2, -0.15) is 0 Å². The van der Waals surface area contributed by atoms with E-state index in [-0.39, 0.29) is 72.6 Å². The Kier molecular flexibility index (Phi) is 32.6. The van der Waals surface area contributed by atoms with Crippen molar-refractivity contribution in [1.82, 2.24) is 61.1 Å². The van der Waals surface area contributed by atoms with Gasteiger partial charge in [-0.3, -0.25) is 0 Å². The first kappa shape index (κ1) is 63.7. The van der Waals surface area contributed by atoms with E-state index in [1.165, 1.54) is 95.6 Å². The van der Waals surface area contributed by atoms with Gasteiger partial charge in [0.15, 0.2) is 25.4 Å². The molecule has 0 aromatic heterocycles. The van der Waals surface area contributed by atoms with Gasteiger partial charge >= 0.3 is 0 Å². The number of hydrogen-bond acceptors (Lipinski definition) is 28. The third-order valence-corrected chi connectivity index (χ3v) is 9.37. The summed E-state index contributed by atoms with van der Waals surface area (Å²) in [5, 5.41) is 155. The Bertz CT molecular complexity index is 832. The van der Waals surface area contributed by atoms with E-state index in [2.05, 4.69) is 0 Å². The first-order valence-electron chi connectivity index (χ1n) is 15.4. The van der Waals surface area contributed by atoms with E-state index in [1.54, 1.807) is 21.9 Å². The molecule has 8 unspecified atom stereocenters. The number of likely N-dealkylation sites (N-methyl/N-ethyl adjacent to an activating group) is 8. The summed E-state index contributed by atoms with van der Waals surface area (Å²) < 4.78 is 0. The molecule has 56 heavy (non-hydrogen) atoms. The van der Waals surface area contributed by atoms with Gasteiger partial charge in [-0.1, -0.05) is 0 Å². The first-order chi connectivity index (χ1) is 24.0. The molecule has 0 spiro atoms. The van der Waals surface area contributed by atoms with Gasteiger partial charge in [0.1, 0.15) is 49.8 Å². The van der Waals surface area contributed by atoms with Gasteiger partial charge in [0.05, 0.1) is 24.2 Å². The number of hydrogen-bond donors (Lipinski definition) is 16. The van der Waals surface area contributed by atoms with E-state index in [0.29, 0.717) is 0 Å².